The monoisotopic (exact) mass is 399 g/mol. The SMILES string of the molecule is c1ccc(CNc2nc(Nc3ccc(N4CCCCC4)cc3)nc3nc[nH]c23)cc1. The summed E-state index contributed by atoms with van der Waals surface area (Å²) in [5.41, 5.74) is 4.85. The van der Waals surface area contributed by atoms with E-state index in [9.17, 15) is 0 Å². The van der Waals surface area contributed by atoms with Crippen LogP contribution in [0.3, 0.4) is 0 Å². The first-order valence-electron chi connectivity index (χ1n) is 10.5. The van der Waals surface area contributed by atoms with E-state index in [2.05, 4.69) is 71.9 Å². The predicted octanol–water partition coefficient (Wildman–Crippen LogP) is 4.70. The maximum absolute atomic E-state index is 4.68. The Bertz CT molecular complexity index is 1100. The molecule has 7 heteroatoms. The van der Waals surface area contributed by atoms with Crippen LogP contribution in [-0.4, -0.2) is 33.0 Å². The van der Waals surface area contributed by atoms with Crippen molar-refractivity contribution in [3.05, 3.63) is 66.5 Å². The van der Waals surface area contributed by atoms with Crippen LogP contribution in [-0.2, 0) is 6.54 Å². The van der Waals surface area contributed by atoms with Crippen LogP contribution in [0, 0.1) is 0 Å². The van der Waals surface area contributed by atoms with Crippen LogP contribution in [0.2, 0.25) is 0 Å². The molecule has 3 N–H and O–H groups in total. The van der Waals surface area contributed by atoms with Gasteiger partial charge in [-0.05, 0) is 49.1 Å². The van der Waals surface area contributed by atoms with Crippen LogP contribution in [0.1, 0.15) is 24.8 Å². The number of nitrogens with zero attached hydrogens (tertiary/aromatic N) is 4. The predicted molar refractivity (Wildman–Crippen MR) is 121 cm³/mol. The summed E-state index contributed by atoms with van der Waals surface area (Å²) in [6.07, 6.45) is 5.53. The van der Waals surface area contributed by atoms with E-state index in [0.717, 1.165) is 30.1 Å². The molecule has 0 bridgehead atoms. The Balaban J connectivity index is 1.34. The molecule has 0 radical (unpaired) electrons. The Hall–Kier alpha value is -3.61. The average molecular weight is 400 g/mol. The first kappa shape index (κ1) is 18.4. The molecule has 1 aliphatic rings. The van der Waals surface area contributed by atoms with Gasteiger partial charge in [-0.25, -0.2) is 4.98 Å². The van der Waals surface area contributed by atoms with E-state index >= 15 is 0 Å². The van der Waals surface area contributed by atoms with Crippen LogP contribution in [0.25, 0.3) is 11.2 Å². The van der Waals surface area contributed by atoms with Crippen molar-refractivity contribution in [2.45, 2.75) is 25.8 Å². The van der Waals surface area contributed by atoms with Crippen molar-refractivity contribution in [3.63, 3.8) is 0 Å². The second-order valence-corrected chi connectivity index (χ2v) is 7.56. The summed E-state index contributed by atoms with van der Waals surface area (Å²) in [6, 6.07) is 18.7. The normalized spacial score (nSPS) is 14.1. The number of aromatic nitrogens is 4. The average Bonchev–Trinajstić information content (AvgIpc) is 3.28. The molecule has 0 amide bonds. The number of fused-ring (bicyclic) bond motifs is 1. The molecule has 4 aromatic rings. The lowest BCUT2D eigenvalue weighted by Crippen LogP contribution is -2.29. The number of H-pyrrole nitrogens is 1. The molecule has 0 aliphatic carbocycles. The summed E-state index contributed by atoms with van der Waals surface area (Å²) in [5, 5.41) is 6.72. The maximum atomic E-state index is 4.68. The van der Waals surface area contributed by atoms with Gasteiger partial charge in [0.2, 0.25) is 5.95 Å². The number of aromatic amines is 1. The van der Waals surface area contributed by atoms with Crippen molar-refractivity contribution in [2.75, 3.05) is 28.6 Å². The third-order valence-corrected chi connectivity index (χ3v) is 5.43. The number of hydrogen-bond donors (Lipinski definition) is 3. The van der Waals surface area contributed by atoms with Gasteiger partial charge in [0.25, 0.3) is 0 Å². The second kappa shape index (κ2) is 8.41. The first-order valence-corrected chi connectivity index (χ1v) is 10.5. The van der Waals surface area contributed by atoms with Crippen LogP contribution >= 0.6 is 0 Å². The fourth-order valence-electron chi connectivity index (χ4n) is 3.84. The maximum Gasteiger partial charge on any atom is 0.231 e. The molecule has 7 nitrogen and oxygen atoms in total. The molecular weight excluding hydrogens is 374 g/mol. The van der Waals surface area contributed by atoms with Gasteiger partial charge in [-0.15, -0.1) is 0 Å². The molecule has 0 unspecified atom stereocenters. The number of rotatable bonds is 6. The number of benzene rings is 2. The summed E-state index contributed by atoms with van der Waals surface area (Å²) in [5.74, 6) is 1.25. The number of piperidine rings is 1. The Morgan fingerprint density at radius 3 is 2.50 bits per heavy atom. The molecule has 1 fully saturated rings. The van der Waals surface area contributed by atoms with Gasteiger partial charge in [-0.3, -0.25) is 0 Å². The van der Waals surface area contributed by atoms with Crippen molar-refractivity contribution in [2.24, 2.45) is 0 Å². The quantitative estimate of drug-likeness (QED) is 0.436. The summed E-state index contributed by atoms with van der Waals surface area (Å²) >= 11 is 0. The molecule has 0 saturated carbocycles. The van der Waals surface area contributed by atoms with E-state index in [1.165, 1.54) is 30.5 Å². The Morgan fingerprint density at radius 2 is 1.70 bits per heavy atom. The zero-order valence-electron chi connectivity index (χ0n) is 16.8. The minimum absolute atomic E-state index is 0.524. The summed E-state index contributed by atoms with van der Waals surface area (Å²) in [4.78, 5) is 19.1. The second-order valence-electron chi connectivity index (χ2n) is 7.56. The molecule has 2 aromatic heterocycles. The molecule has 0 spiro atoms. The largest absolute Gasteiger partial charge is 0.372 e. The van der Waals surface area contributed by atoms with Crippen LogP contribution in [0.5, 0.6) is 0 Å². The number of anilines is 4. The van der Waals surface area contributed by atoms with E-state index in [-0.39, 0.29) is 0 Å². The Labute approximate surface area is 175 Å². The van der Waals surface area contributed by atoms with E-state index < -0.39 is 0 Å². The molecule has 30 heavy (non-hydrogen) atoms. The first-order chi connectivity index (χ1) is 14.8. The lowest BCUT2D eigenvalue weighted by atomic mass is 10.1. The van der Waals surface area contributed by atoms with E-state index in [0.29, 0.717) is 18.1 Å². The van der Waals surface area contributed by atoms with Crippen molar-refractivity contribution in [1.82, 2.24) is 19.9 Å². The van der Waals surface area contributed by atoms with Crippen LogP contribution in [0.4, 0.5) is 23.1 Å². The lowest BCUT2D eigenvalue weighted by Gasteiger charge is -2.28. The number of nitrogens with one attached hydrogen (secondary N) is 3. The number of imidazole rings is 1. The fourth-order valence-corrected chi connectivity index (χ4v) is 3.84. The molecule has 5 rings (SSSR count). The Kier molecular flexibility index (Phi) is 5.16. The van der Waals surface area contributed by atoms with Crippen molar-refractivity contribution < 1.29 is 0 Å². The molecule has 152 valence electrons. The molecule has 3 heterocycles. The highest BCUT2D eigenvalue weighted by Crippen LogP contribution is 2.25. The van der Waals surface area contributed by atoms with Gasteiger partial charge in [-0.2, -0.15) is 9.97 Å². The molecule has 2 aromatic carbocycles. The highest BCUT2D eigenvalue weighted by atomic mass is 15.2. The minimum atomic E-state index is 0.524. The third-order valence-electron chi connectivity index (χ3n) is 5.43. The fraction of sp³-hybridized carbons (Fsp3) is 0.261. The van der Waals surface area contributed by atoms with E-state index in [4.69, 9.17) is 0 Å². The topological polar surface area (TPSA) is 81.8 Å². The third kappa shape index (κ3) is 4.05. The van der Waals surface area contributed by atoms with Crippen molar-refractivity contribution >= 4 is 34.3 Å². The standard InChI is InChI=1S/C23H25N7/c1-3-7-17(8-4-1)15-24-21-20-22(26-16-25-20)29-23(28-21)27-18-9-11-19(12-10-18)30-13-5-2-6-14-30/h1,3-4,7-12,16H,2,5-6,13-15H2,(H3,24,25,26,27,28,29). The smallest absolute Gasteiger partial charge is 0.231 e. The van der Waals surface area contributed by atoms with Gasteiger partial charge >= 0.3 is 0 Å². The minimum Gasteiger partial charge on any atom is -0.372 e. The Morgan fingerprint density at radius 1 is 0.900 bits per heavy atom. The van der Waals surface area contributed by atoms with Crippen molar-refractivity contribution in [3.8, 4) is 0 Å². The van der Waals surface area contributed by atoms with E-state index in [1.807, 2.05) is 18.2 Å². The van der Waals surface area contributed by atoms with Crippen LogP contribution in [0.15, 0.2) is 60.9 Å². The van der Waals surface area contributed by atoms with Crippen LogP contribution < -0.4 is 15.5 Å². The molecular formula is C23H25N7. The lowest BCUT2D eigenvalue weighted by molar-refractivity contribution is 0.578. The molecule has 1 saturated heterocycles. The van der Waals surface area contributed by atoms with Gasteiger partial charge in [0.05, 0.1) is 6.33 Å². The van der Waals surface area contributed by atoms with Gasteiger partial charge in [0, 0.05) is 31.0 Å². The van der Waals surface area contributed by atoms with Crippen molar-refractivity contribution in [1.29, 1.82) is 0 Å². The zero-order chi connectivity index (χ0) is 20.2. The summed E-state index contributed by atoms with van der Waals surface area (Å²) < 4.78 is 0. The zero-order valence-corrected chi connectivity index (χ0v) is 16.8. The molecule has 1 aliphatic heterocycles. The van der Waals surface area contributed by atoms with Gasteiger partial charge in [0.15, 0.2) is 11.5 Å². The highest BCUT2D eigenvalue weighted by Gasteiger charge is 2.12. The highest BCUT2D eigenvalue weighted by molar-refractivity contribution is 5.84. The van der Waals surface area contributed by atoms with E-state index in [1.54, 1.807) is 6.33 Å². The van der Waals surface area contributed by atoms with Gasteiger partial charge < -0.3 is 20.5 Å². The molecule has 0 atom stereocenters. The van der Waals surface area contributed by atoms with Gasteiger partial charge in [0.1, 0.15) is 5.52 Å². The van der Waals surface area contributed by atoms with Gasteiger partial charge in [-0.1, -0.05) is 30.3 Å². The number of hydrogen-bond acceptors (Lipinski definition) is 6. The summed E-state index contributed by atoms with van der Waals surface area (Å²) in [7, 11) is 0. The summed E-state index contributed by atoms with van der Waals surface area (Å²) in [6.45, 7) is 2.96.